The molecule has 4 heteroatoms. The summed E-state index contributed by atoms with van der Waals surface area (Å²) in [5.74, 6) is -0.107. The average molecular weight is 298 g/mol. The highest BCUT2D eigenvalue weighted by Crippen LogP contribution is 2.47. The molecule has 1 fully saturated rings. The van der Waals surface area contributed by atoms with Crippen LogP contribution in [0.2, 0.25) is 0 Å². The van der Waals surface area contributed by atoms with E-state index in [0.29, 0.717) is 6.42 Å². The summed E-state index contributed by atoms with van der Waals surface area (Å²) in [6.45, 7) is 2.23. The quantitative estimate of drug-likeness (QED) is 0.886. The first kappa shape index (κ1) is 13.8. The van der Waals surface area contributed by atoms with E-state index >= 15 is 0 Å². The Labute approximate surface area is 130 Å². The smallest absolute Gasteiger partial charge is 0.305 e. The number of methoxy groups -OCH3 is 1. The molecule has 116 valence electrons. The molecule has 2 aromatic rings. The van der Waals surface area contributed by atoms with Crippen LogP contribution in [0.25, 0.3) is 10.9 Å². The largest absolute Gasteiger partial charge is 0.469 e. The van der Waals surface area contributed by atoms with Gasteiger partial charge in [-0.3, -0.25) is 9.69 Å². The number of nitrogens with one attached hydrogen (secondary N) is 1. The molecule has 0 bridgehead atoms. The number of hydrogen-bond donors (Lipinski definition) is 1. The van der Waals surface area contributed by atoms with Crippen LogP contribution >= 0.6 is 0 Å². The molecule has 1 saturated heterocycles. The van der Waals surface area contributed by atoms with Crippen molar-refractivity contribution in [2.75, 3.05) is 20.2 Å². The third kappa shape index (κ3) is 1.90. The predicted octanol–water partition coefficient (Wildman–Crippen LogP) is 2.97. The Morgan fingerprint density at radius 2 is 2.23 bits per heavy atom. The Balaban J connectivity index is 1.80. The fraction of sp³-hybridized carbons (Fsp3) is 0.500. The molecular formula is C18H22N2O2. The number of esters is 1. The van der Waals surface area contributed by atoms with Gasteiger partial charge in [-0.1, -0.05) is 18.2 Å². The number of nitrogens with zero attached hydrogens (tertiary/aromatic N) is 1. The molecule has 1 aromatic carbocycles. The Morgan fingerprint density at radius 3 is 3.09 bits per heavy atom. The second kappa shape index (κ2) is 5.13. The van der Waals surface area contributed by atoms with Crippen molar-refractivity contribution >= 4 is 16.9 Å². The SMILES string of the molecule is COC(=O)CCC12CCCN1CCc1c2[nH]c2ccccc12. The van der Waals surface area contributed by atoms with Gasteiger partial charge in [0.25, 0.3) is 0 Å². The lowest BCUT2D eigenvalue weighted by atomic mass is 9.81. The summed E-state index contributed by atoms with van der Waals surface area (Å²) in [5.41, 5.74) is 4.03. The Kier molecular flexibility index (Phi) is 3.22. The van der Waals surface area contributed by atoms with Gasteiger partial charge in [0.2, 0.25) is 0 Å². The van der Waals surface area contributed by atoms with E-state index in [4.69, 9.17) is 4.74 Å². The van der Waals surface area contributed by atoms with Gasteiger partial charge in [0, 0.05) is 29.6 Å². The molecule has 4 rings (SSSR count). The van der Waals surface area contributed by atoms with Crippen LogP contribution in [0.1, 0.15) is 36.9 Å². The van der Waals surface area contributed by atoms with Gasteiger partial charge >= 0.3 is 5.97 Å². The van der Waals surface area contributed by atoms with Gasteiger partial charge in [0.15, 0.2) is 0 Å². The minimum absolute atomic E-state index is 0.000787. The van der Waals surface area contributed by atoms with Crippen LogP contribution in [0.3, 0.4) is 0 Å². The van der Waals surface area contributed by atoms with Crippen molar-refractivity contribution < 1.29 is 9.53 Å². The number of benzene rings is 1. The molecule has 0 saturated carbocycles. The molecule has 4 nitrogen and oxygen atoms in total. The van der Waals surface area contributed by atoms with Crippen LogP contribution in [-0.4, -0.2) is 36.1 Å². The zero-order chi connectivity index (χ0) is 15.2. The van der Waals surface area contributed by atoms with E-state index < -0.39 is 0 Å². The molecule has 0 aliphatic carbocycles. The Morgan fingerprint density at radius 1 is 1.36 bits per heavy atom. The van der Waals surface area contributed by atoms with Gasteiger partial charge < -0.3 is 9.72 Å². The van der Waals surface area contributed by atoms with Crippen molar-refractivity contribution in [3.8, 4) is 0 Å². The Bertz CT molecular complexity index is 721. The second-order valence-corrected chi connectivity index (χ2v) is 6.47. The maximum absolute atomic E-state index is 11.7. The van der Waals surface area contributed by atoms with E-state index in [9.17, 15) is 4.79 Å². The van der Waals surface area contributed by atoms with E-state index in [1.165, 1.54) is 35.7 Å². The fourth-order valence-electron chi connectivity index (χ4n) is 4.47. The van der Waals surface area contributed by atoms with Crippen LogP contribution < -0.4 is 0 Å². The number of carbonyl (C=O) groups is 1. The van der Waals surface area contributed by atoms with Gasteiger partial charge in [-0.2, -0.15) is 0 Å². The van der Waals surface area contributed by atoms with E-state index in [2.05, 4.69) is 34.1 Å². The third-order valence-electron chi connectivity index (χ3n) is 5.50. The van der Waals surface area contributed by atoms with Gasteiger partial charge in [-0.05, 0) is 43.9 Å². The van der Waals surface area contributed by atoms with E-state index in [0.717, 1.165) is 32.4 Å². The number of hydrogen-bond acceptors (Lipinski definition) is 3. The topological polar surface area (TPSA) is 45.3 Å². The number of ether oxygens (including phenoxy) is 1. The third-order valence-corrected chi connectivity index (χ3v) is 5.50. The zero-order valence-electron chi connectivity index (χ0n) is 13.0. The van der Waals surface area contributed by atoms with E-state index in [-0.39, 0.29) is 11.5 Å². The van der Waals surface area contributed by atoms with Crippen molar-refractivity contribution in [3.63, 3.8) is 0 Å². The van der Waals surface area contributed by atoms with Gasteiger partial charge in [0.1, 0.15) is 0 Å². The summed E-state index contributed by atoms with van der Waals surface area (Å²) in [7, 11) is 1.47. The van der Waals surface area contributed by atoms with E-state index in [1.54, 1.807) is 0 Å². The summed E-state index contributed by atoms with van der Waals surface area (Å²) < 4.78 is 4.87. The molecule has 0 amide bonds. The van der Waals surface area contributed by atoms with Crippen LogP contribution in [0.5, 0.6) is 0 Å². The standard InChI is InChI=1S/C18H22N2O2/c1-22-16(21)7-10-18-9-4-11-20(18)12-8-14-13-5-2-3-6-15(13)19-17(14)18/h2-3,5-6,19H,4,7-12H2,1H3. The molecule has 2 aliphatic heterocycles. The van der Waals surface area contributed by atoms with Crippen LogP contribution in [-0.2, 0) is 21.5 Å². The molecule has 0 spiro atoms. The molecule has 1 N–H and O–H groups in total. The zero-order valence-corrected chi connectivity index (χ0v) is 13.0. The molecule has 0 radical (unpaired) electrons. The summed E-state index contributed by atoms with van der Waals surface area (Å²) in [6.07, 6.45) is 4.76. The average Bonchev–Trinajstić information content (AvgIpc) is 3.14. The first-order valence-corrected chi connectivity index (χ1v) is 8.16. The summed E-state index contributed by atoms with van der Waals surface area (Å²) in [4.78, 5) is 17.9. The number of rotatable bonds is 3. The molecule has 22 heavy (non-hydrogen) atoms. The Hall–Kier alpha value is -1.81. The summed E-state index contributed by atoms with van der Waals surface area (Å²) in [5, 5.41) is 1.35. The van der Waals surface area contributed by atoms with Crippen molar-refractivity contribution in [2.45, 2.75) is 37.6 Å². The number of carbonyl (C=O) groups excluding carboxylic acids is 1. The molecule has 2 aliphatic rings. The minimum Gasteiger partial charge on any atom is -0.469 e. The maximum Gasteiger partial charge on any atom is 0.305 e. The molecule has 1 aromatic heterocycles. The number of H-pyrrole nitrogens is 1. The van der Waals surface area contributed by atoms with Gasteiger partial charge in [-0.25, -0.2) is 0 Å². The lowest BCUT2D eigenvalue weighted by Gasteiger charge is -2.42. The molecule has 1 unspecified atom stereocenters. The molecule has 3 heterocycles. The van der Waals surface area contributed by atoms with Crippen molar-refractivity contribution in [1.29, 1.82) is 0 Å². The van der Waals surface area contributed by atoms with Gasteiger partial charge in [0.05, 0.1) is 12.6 Å². The highest BCUT2D eigenvalue weighted by Gasteiger charge is 2.47. The van der Waals surface area contributed by atoms with Crippen LogP contribution in [0, 0.1) is 0 Å². The first-order chi connectivity index (χ1) is 10.7. The lowest BCUT2D eigenvalue weighted by Crippen LogP contribution is -2.46. The first-order valence-electron chi connectivity index (χ1n) is 8.16. The van der Waals surface area contributed by atoms with Crippen LogP contribution in [0.4, 0.5) is 0 Å². The summed E-state index contributed by atoms with van der Waals surface area (Å²) >= 11 is 0. The monoisotopic (exact) mass is 298 g/mol. The fourth-order valence-corrected chi connectivity index (χ4v) is 4.47. The van der Waals surface area contributed by atoms with Gasteiger partial charge in [-0.15, -0.1) is 0 Å². The maximum atomic E-state index is 11.7. The second-order valence-electron chi connectivity index (χ2n) is 6.47. The summed E-state index contributed by atoms with van der Waals surface area (Å²) in [6, 6.07) is 8.56. The number of aromatic amines is 1. The molecule has 1 atom stereocenters. The minimum atomic E-state index is -0.107. The number of para-hydroxylation sites is 1. The number of aromatic nitrogens is 1. The van der Waals surface area contributed by atoms with E-state index in [1.807, 2.05) is 0 Å². The van der Waals surface area contributed by atoms with Crippen LogP contribution in [0.15, 0.2) is 24.3 Å². The molecular weight excluding hydrogens is 276 g/mol. The van der Waals surface area contributed by atoms with Crippen molar-refractivity contribution in [3.05, 3.63) is 35.5 Å². The number of fused-ring (bicyclic) bond motifs is 5. The lowest BCUT2D eigenvalue weighted by molar-refractivity contribution is -0.141. The highest BCUT2D eigenvalue weighted by molar-refractivity contribution is 5.85. The highest BCUT2D eigenvalue weighted by atomic mass is 16.5. The van der Waals surface area contributed by atoms with Crippen molar-refractivity contribution in [1.82, 2.24) is 9.88 Å². The predicted molar refractivity (Wildman–Crippen MR) is 85.7 cm³/mol. The van der Waals surface area contributed by atoms with Crippen molar-refractivity contribution in [2.24, 2.45) is 0 Å². The normalized spacial score (nSPS) is 24.2.